The molecule has 21 heavy (non-hydrogen) atoms. The third-order valence-electron chi connectivity index (χ3n) is 4.15. The van der Waals surface area contributed by atoms with E-state index >= 15 is 0 Å². The molecule has 0 N–H and O–H groups in total. The second kappa shape index (κ2) is 6.85. The highest BCUT2D eigenvalue weighted by atomic mass is 19.1. The number of hydrogen-bond acceptors (Lipinski definition) is 2. The van der Waals surface area contributed by atoms with E-state index in [1.165, 1.54) is 5.56 Å². The topological polar surface area (TPSA) is 27.1 Å². The molecular formula is C17H21FN2O. The first-order valence-corrected chi connectivity index (χ1v) is 7.61. The van der Waals surface area contributed by atoms with Crippen molar-refractivity contribution in [3.8, 4) is 0 Å². The van der Waals surface area contributed by atoms with Gasteiger partial charge in [0.2, 0.25) is 0 Å². The van der Waals surface area contributed by atoms with Gasteiger partial charge in [0.15, 0.2) is 0 Å². The van der Waals surface area contributed by atoms with Gasteiger partial charge in [-0.3, -0.25) is 4.68 Å². The minimum absolute atomic E-state index is 0.170. The molecule has 1 aliphatic carbocycles. The number of halogens is 1. The average Bonchev–Trinajstić information content (AvgIpc) is 3.04. The van der Waals surface area contributed by atoms with E-state index < -0.39 is 6.17 Å². The van der Waals surface area contributed by atoms with Crippen molar-refractivity contribution in [3.63, 3.8) is 0 Å². The lowest BCUT2D eigenvalue weighted by Gasteiger charge is -2.31. The minimum Gasteiger partial charge on any atom is -0.375 e. The van der Waals surface area contributed by atoms with Gasteiger partial charge in [-0.2, -0.15) is 5.10 Å². The molecule has 3 unspecified atom stereocenters. The van der Waals surface area contributed by atoms with E-state index in [0.717, 1.165) is 19.3 Å². The Labute approximate surface area is 124 Å². The molecular weight excluding hydrogens is 267 g/mol. The van der Waals surface area contributed by atoms with Gasteiger partial charge in [0.25, 0.3) is 0 Å². The van der Waals surface area contributed by atoms with E-state index in [4.69, 9.17) is 4.74 Å². The Hall–Kier alpha value is -1.68. The highest BCUT2D eigenvalue weighted by Gasteiger charge is 2.32. The van der Waals surface area contributed by atoms with E-state index in [1.54, 1.807) is 6.20 Å². The summed E-state index contributed by atoms with van der Waals surface area (Å²) in [4.78, 5) is 0. The number of benzene rings is 1. The van der Waals surface area contributed by atoms with E-state index in [2.05, 4.69) is 17.2 Å². The lowest BCUT2D eigenvalue weighted by molar-refractivity contribution is -0.0343. The van der Waals surface area contributed by atoms with Gasteiger partial charge in [-0.25, -0.2) is 4.39 Å². The molecule has 3 nitrogen and oxygen atoms in total. The summed E-state index contributed by atoms with van der Waals surface area (Å²) >= 11 is 0. The van der Waals surface area contributed by atoms with Crippen molar-refractivity contribution in [2.24, 2.45) is 0 Å². The Bertz CT molecular complexity index is 529. The molecule has 0 spiro atoms. The molecule has 0 saturated heterocycles. The Morgan fingerprint density at radius 2 is 2.05 bits per heavy atom. The summed E-state index contributed by atoms with van der Waals surface area (Å²) in [7, 11) is 0. The van der Waals surface area contributed by atoms with Crippen LogP contribution in [0.25, 0.3) is 0 Å². The number of rotatable bonds is 5. The number of ether oxygens (including phenoxy) is 1. The number of aromatic nitrogens is 2. The molecule has 0 amide bonds. The molecule has 0 bridgehead atoms. The standard InChI is InChI=1S/C17H21FN2O/c18-16-13-15(20-11-4-10-19-20)7-8-17(16)21-12-9-14-5-2-1-3-6-14/h1-6,10-11,15-17H,7-9,12-13H2. The van der Waals surface area contributed by atoms with Crippen molar-refractivity contribution in [3.05, 3.63) is 54.4 Å². The van der Waals surface area contributed by atoms with Crippen molar-refractivity contribution in [2.75, 3.05) is 6.61 Å². The fraction of sp³-hybridized carbons (Fsp3) is 0.471. The molecule has 2 aromatic rings. The smallest absolute Gasteiger partial charge is 0.128 e. The Balaban J connectivity index is 1.45. The molecule has 0 aliphatic heterocycles. The zero-order chi connectivity index (χ0) is 14.5. The lowest BCUT2D eigenvalue weighted by atomic mass is 9.91. The summed E-state index contributed by atoms with van der Waals surface area (Å²) in [6, 6.07) is 12.2. The first-order chi connectivity index (χ1) is 10.3. The maximum atomic E-state index is 14.2. The van der Waals surface area contributed by atoms with Crippen molar-refractivity contribution >= 4 is 0 Å². The average molecular weight is 288 g/mol. The predicted octanol–water partition coefficient (Wildman–Crippen LogP) is 3.57. The summed E-state index contributed by atoms with van der Waals surface area (Å²) in [6.07, 6.45) is 5.52. The first kappa shape index (κ1) is 14.3. The molecule has 4 heteroatoms. The predicted molar refractivity (Wildman–Crippen MR) is 79.9 cm³/mol. The third-order valence-corrected chi connectivity index (χ3v) is 4.15. The highest BCUT2D eigenvalue weighted by Crippen LogP contribution is 2.31. The fourth-order valence-corrected chi connectivity index (χ4v) is 2.96. The second-order valence-corrected chi connectivity index (χ2v) is 5.61. The Kier molecular flexibility index (Phi) is 4.65. The van der Waals surface area contributed by atoms with E-state index in [1.807, 2.05) is 35.1 Å². The van der Waals surface area contributed by atoms with Crippen LogP contribution in [0, 0.1) is 0 Å². The second-order valence-electron chi connectivity index (χ2n) is 5.61. The minimum atomic E-state index is -0.899. The molecule has 0 radical (unpaired) electrons. The molecule has 1 aromatic heterocycles. The quantitative estimate of drug-likeness (QED) is 0.841. The van der Waals surface area contributed by atoms with Crippen LogP contribution in [-0.4, -0.2) is 28.7 Å². The van der Waals surface area contributed by atoms with Crippen molar-refractivity contribution < 1.29 is 9.13 Å². The Morgan fingerprint density at radius 3 is 2.76 bits per heavy atom. The lowest BCUT2D eigenvalue weighted by Crippen LogP contribution is -2.34. The van der Waals surface area contributed by atoms with Crippen LogP contribution >= 0.6 is 0 Å². The molecule has 1 heterocycles. The van der Waals surface area contributed by atoms with Crippen molar-refractivity contribution in [2.45, 2.75) is 44.0 Å². The van der Waals surface area contributed by atoms with Gasteiger partial charge in [0, 0.05) is 18.8 Å². The van der Waals surface area contributed by atoms with Crippen LogP contribution in [0.3, 0.4) is 0 Å². The third kappa shape index (κ3) is 3.70. The molecule has 112 valence electrons. The van der Waals surface area contributed by atoms with Gasteiger partial charge in [-0.1, -0.05) is 30.3 Å². The van der Waals surface area contributed by atoms with Gasteiger partial charge >= 0.3 is 0 Å². The molecule has 1 aromatic carbocycles. The summed E-state index contributed by atoms with van der Waals surface area (Å²) in [5, 5.41) is 4.21. The molecule has 1 fully saturated rings. The van der Waals surface area contributed by atoms with Gasteiger partial charge in [-0.15, -0.1) is 0 Å². The SMILES string of the molecule is FC1CC(n2cccn2)CCC1OCCc1ccccc1. The van der Waals surface area contributed by atoms with Crippen LogP contribution in [0.1, 0.15) is 30.9 Å². The molecule has 3 atom stereocenters. The van der Waals surface area contributed by atoms with E-state index in [9.17, 15) is 4.39 Å². The summed E-state index contributed by atoms with van der Waals surface area (Å²) in [6.45, 7) is 0.585. The van der Waals surface area contributed by atoms with Crippen LogP contribution < -0.4 is 0 Å². The van der Waals surface area contributed by atoms with Crippen molar-refractivity contribution in [1.82, 2.24) is 9.78 Å². The normalized spacial score (nSPS) is 25.9. The highest BCUT2D eigenvalue weighted by molar-refractivity contribution is 5.14. The van der Waals surface area contributed by atoms with Crippen LogP contribution in [0.2, 0.25) is 0 Å². The number of hydrogen-bond donors (Lipinski definition) is 0. The zero-order valence-corrected chi connectivity index (χ0v) is 12.1. The number of nitrogens with zero attached hydrogens (tertiary/aromatic N) is 2. The largest absolute Gasteiger partial charge is 0.375 e. The van der Waals surface area contributed by atoms with Crippen LogP contribution in [-0.2, 0) is 11.2 Å². The zero-order valence-electron chi connectivity index (χ0n) is 12.1. The fourth-order valence-electron chi connectivity index (χ4n) is 2.96. The van der Waals surface area contributed by atoms with Gasteiger partial charge < -0.3 is 4.74 Å². The van der Waals surface area contributed by atoms with Crippen LogP contribution in [0.4, 0.5) is 4.39 Å². The van der Waals surface area contributed by atoms with Crippen LogP contribution in [0.5, 0.6) is 0 Å². The maximum Gasteiger partial charge on any atom is 0.128 e. The molecule has 1 saturated carbocycles. The van der Waals surface area contributed by atoms with Crippen molar-refractivity contribution in [1.29, 1.82) is 0 Å². The monoisotopic (exact) mass is 288 g/mol. The summed E-state index contributed by atoms with van der Waals surface area (Å²) in [5.74, 6) is 0. The molecule has 1 aliphatic rings. The number of alkyl halides is 1. The summed E-state index contributed by atoms with van der Waals surface area (Å²) in [5.41, 5.74) is 1.23. The maximum absolute atomic E-state index is 14.2. The van der Waals surface area contributed by atoms with Crippen LogP contribution in [0.15, 0.2) is 48.8 Å². The Morgan fingerprint density at radius 1 is 1.19 bits per heavy atom. The van der Waals surface area contributed by atoms with E-state index in [0.29, 0.717) is 13.0 Å². The molecule has 3 rings (SSSR count). The first-order valence-electron chi connectivity index (χ1n) is 7.61. The van der Waals surface area contributed by atoms with Gasteiger partial charge in [0.05, 0.1) is 18.8 Å². The van der Waals surface area contributed by atoms with E-state index in [-0.39, 0.29) is 12.1 Å². The van der Waals surface area contributed by atoms with Gasteiger partial charge in [0.1, 0.15) is 6.17 Å². The van der Waals surface area contributed by atoms with Gasteiger partial charge in [-0.05, 0) is 30.9 Å². The summed E-state index contributed by atoms with van der Waals surface area (Å²) < 4.78 is 21.9.